The Morgan fingerprint density at radius 3 is 2.64 bits per heavy atom. The number of pyridine rings is 1. The molecule has 3 heterocycles. The molecule has 1 saturated heterocycles. The van der Waals surface area contributed by atoms with Crippen LogP contribution in [0.4, 0.5) is 0 Å². The molecule has 1 aliphatic rings. The molecule has 1 aliphatic heterocycles. The van der Waals surface area contributed by atoms with E-state index in [9.17, 15) is 4.79 Å². The van der Waals surface area contributed by atoms with Crippen molar-refractivity contribution in [3.8, 4) is 0 Å². The summed E-state index contributed by atoms with van der Waals surface area (Å²) in [6, 6.07) is 14.4. The maximum absolute atomic E-state index is 12.8. The number of amides is 1. The van der Waals surface area contributed by atoms with Crippen molar-refractivity contribution >= 4 is 11.6 Å². The van der Waals surface area contributed by atoms with Gasteiger partial charge < -0.3 is 10.1 Å². The fraction of sp³-hybridized carbons (Fsp3) is 0.391. The van der Waals surface area contributed by atoms with Crippen LogP contribution in [0, 0.1) is 5.92 Å². The second kappa shape index (κ2) is 8.57. The van der Waals surface area contributed by atoms with Crippen molar-refractivity contribution in [3.05, 3.63) is 71.2 Å². The molecule has 4 rings (SSSR count). The van der Waals surface area contributed by atoms with Crippen LogP contribution in [-0.2, 0) is 24.1 Å². The van der Waals surface area contributed by atoms with Gasteiger partial charge in [-0.3, -0.25) is 9.20 Å². The number of carbonyl (C=O) groups excluding carboxylic acids is 1. The Hall–Kier alpha value is -2.66. The number of imidazole rings is 1. The van der Waals surface area contributed by atoms with E-state index in [2.05, 4.69) is 34.6 Å². The van der Waals surface area contributed by atoms with Crippen LogP contribution < -0.4 is 5.32 Å². The third-order valence-corrected chi connectivity index (χ3v) is 5.49. The van der Waals surface area contributed by atoms with Gasteiger partial charge in [-0.2, -0.15) is 0 Å². The van der Waals surface area contributed by atoms with Crippen LogP contribution in [0.25, 0.3) is 5.65 Å². The quantitative estimate of drug-likeness (QED) is 0.711. The summed E-state index contributed by atoms with van der Waals surface area (Å²) in [4.78, 5) is 17.4. The number of carbonyl (C=O) groups is 1. The van der Waals surface area contributed by atoms with E-state index in [0.717, 1.165) is 61.7 Å². The molecule has 2 aromatic heterocycles. The fourth-order valence-corrected chi connectivity index (χ4v) is 3.87. The monoisotopic (exact) mass is 377 g/mol. The van der Waals surface area contributed by atoms with Crippen LogP contribution in [-0.4, -0.2) is 28.5 Å². The molecule has 3 aromatic rings. The molecule has 0 spiro atoms. The molecule has 0 bridgehead atoms. The summed E-state index contributed by atoms with van der Waals surface area (Å²) in [6.45, 7) is 4.31. The highest BCUT2D eigenvalue weighted by molar-refractivity contribution is 5.94. The van der Waals surface area contributed by atoms with Crippen molar-refractivity contribution in [1.29, 1.82) is 0 Å². The minimum Gasteiger partial charge on any atom is -0.381 e. The van der Waals surface area contributed by atoms with Crippen LogP contribution in [0.15, 0.2) is 48.7 Å². The van der Waals surface area contributed by atoms with Crippen molar-refractivity contribution < 1.29 is 9.53 Å². The van der Waals surface area contributed by atoms with E-state index in [1.165, 1.54) is 5.56 Å². The van der Waals surface area contributed by atoms with Gasteiger partial charge in [0.2, 0.25) is 0 Å². The first-order valence-corrected chi connectivity index (χ1v) is 10.1. The molecular formula is C23H27N3O2. The highest BCUT2D eigenvalue weighted by Gasteiger charge is 2.18. The number of ether oxygens (including phenoxy) is 1. The molecule has 1 aromatic carbocycles. The first kappa shape index (κ1) is 18.7. The molecular weight excluding hydrogens is 350 g/mol. The predicted octanol–water partition coefficient (Wildman–Crippen LogP) is 3.80. The Kier molecular flexibility index (Phi) is 5.72. The largest absolute Gasteiger partial charge is 0.381 e. The number of nitrogens with zero attached hydrogens (tertiary/aromatic N) is 2. The maximum Gasteiger partial charge on any atom is 0.270 e. The molecule has 5 heteroatoms. The van der Waals surface area contributed by atoms with Gasteiger partial charge in [0, 0.05) is 26.0 Å². The number of nitrogens with one attached hydrogen (secondary N) is 1. The summed E-state index contributed by atoms with van der Waals surface area (Å²) in [6.07, 6.45) is 6.03. The number of hydrogen-bond donors (Lipinski definition) is 1. The van der Waals surface area contributed by atoms with Gasteiger partial charge >= 0.3 is 0 Å². The Balaban J connectivity index is 1.40. The van der Waals surface area contributed by atoms with Crippen molar-refractivity contribution in [2.45, 2.75) is 39.2 Å². The molecule has 0 aliphatic carbocycles. The van der Waals surface area contributed by atoms with Crippen LogP contribution in [0.5, 0.6) is 0 Å². The van der Waals surface area contributed by atoms with Crippen LogP contribution >= 0.6 is 0 Å². The number of aryl methyl sites for hydroxylation is 1. The highest BCUT2D eigenvalue weighted by Crippen LogP contribution is 2.20. The average Bonchev–Trinajstić information content (AvgIpc) is 3.12. The Bertz CT molecular complexity index is 940. The predicted molar refractivity (Wildman–Crippen MR) is 109 cm³/mol. The summed E-state index contributed by atoms with van der Waals surface area (Å²) in [7, 11) is 0. The summed E-state index contributed by atoms with van der Waals surface area (Å²) in [5, 5.41) is 3.05. The summed E-state index contributed by atoms with van der Waals surface area (Å²) >= 11 is 0. The number of aromatic nitrogens is 2. The number of rotatable bonds is 6. The molecule has 1 fully saturated rings. The van der Waals surface area contributed by atoms with Gasteiger partial charge in [-0.1, -0.05) is 37.3 Å². The number of benzene rings is 1. The van der Waals surface area contributed by atoms with Crippen LogP contribution in [0.1, 0.15) is 47.1 Å². The topological polar surface area (TPSA) is 55.6 Å². The number of fused-ring (bicyclic) bond motifs is 1. The third-order valence-electron chi connectivity index (χ3n) is 5.49. The molecule has 146 valence electrons. The second-order valence-electron chi connectivity index (χ2n) is 7.45. The lowest BCUT2D eigenvalue weighted by atomic mass is 9.92. The Morgan fingerprint density at radius 2 is 1.89 bits per heavy atom. The zero-order chi connectivity index (χ0) is 19.3. The number of hydrogen-bond acceptors (Lipinski definition) is 3. The lowest BCUT2D eigenvalue weighted by Crippen LogP contribution is -2.25. The normalized spacial score (nSPS) is 15.0. The lowest BCUT2D eigenvalue weighted by Gasteiger charge is -2.22. The molecule has 5 nitrogen and oxygen atoms in total. The van der Waals surface area contributed by atoms with Crippen molar-refractivity contribution in [2.75, 3.05) is 13.2 Å². The highest BCUT2D eigenvalue weighted by atomic mass is 16.5. The van der Waals surface area contributed by atoms with E-state index in [-0.39, 0.29) is 5.91 Å². The zero-order valence-electron chi connectivity index (χ0n) is 16.4. The molecule has 28 heavy (non-hydrogen) atoms. The minimum atomic E-state index is -0.0816. The van der Waals surface area contributed by atoms with Crippen LogP contribution in [0.2, 0.25) is 0 Å². The Morgan fingerprint density at radius 1 is 1.14 bits per heavy atom. The standard InChI is InChI=1S/C23H27N3O2/c1-2-20-22(26-12-4-3-5-21(26)25-20)23(27)24-16-19-8-6-17(7-9-19)15-18-10-13-28-14-11-18/h3-9,12,18H,2,10-11,13-16H2,1H3,(H,24,27). The van der Waals surface area contributed by atoms with Crippen LogP contribution in [0.3, 0.4) is 0 Å². The molecule has 0 radical (unpaired) electrons. The van der Waals surface area contributed by atoms with E-state index in [4.69, 9.17) is 4.74 Å². The SMILES string of the molecule is CCc1nc2ccccn2c1C(=O)NCc1ccc(CC2CCOCC2)cc1. The molecule has 1 N–H and O–H groups in total. The lowest BCUT2D eigenvalue weighted by molar-refractivity contribution is 0.0665. The molecule has 0 unspecified atom stereocenters. The zero-order valence-corrected chi connectivity index (χ0v) is 16.4. The summed E-state index contributed by atoms with van der Waals surface area (Å²) in [5.41, 5.74) is 4.74. The van der Waals surface area contributed by atoms with Crippen molar-refractivity contribution in [3.63, 3.8) is 0 Å². The second-order valence-corrected chi connectivity index (χ2v) is 7.45. The van der Waals surface area contributed by atoms with E-state index < -0.39 is 0 Å². The Labute approximate surface area is 165 Å². The molecule has 0 saturated carbocycles. The third kappa shape index (κ3) is 4.09. The van der Waals surface area contributed by atoms with Gasteiger partial charge in [-0.25, -0.2) is 4.98 Å². The van der Waals surface area contributed by atoms with Gasteiger partial charge in [0.05, 0.1) is 5.69 Å². The van der Waals surface area contributed by atoms with E-state index in [1.807, 2.05) is 35.7 Å². The van der Waals surface area contributed by atoms with Gasteiger partial charge in [0.1, 0.15) is 11.3 Å². The molecule has 1 amide bonds. The van der Waals surface area contributed by atoms with E-state index in [0.29, 0.717) is 12.2 Å². The van der Waals surface area contributed by atoms with Gasteiger partial charge in [-0.15, -0.1) is 0 Å². The average molecular weight is 377 g/mol. The minimum absolute atomic E-state index is 0.0816. The summed E-state index contributed by atoms with van der Waals surface area (Å²) < 4.78 is 7.30. The first-order chi connectivity index (χ1) is 13.7. The van der Waals surface area contributed by atoms with Crippen molar-refractivity contribution in [2.24, 2.45) is 5.92 Å². The van der Waals surface area contributed by atoms with Crippen molar-refractivity contribution in [1.82, 2.24) is 14.7 Å². The summed E-state index contributed by atoms with van der Waals surface area (Å²) in [5.74, 6) is 0.642. The van der Waals surface area contributed by atoms with Gasteiger partial charge in [0.25, 0.3) is 5.91 Å². The van der Waals surface area contributed by atoms with Gasteiger partial charge in [-0.05, 0) is 54.9 Å². The van der Waals surface area contributed by atoms with E-state index >= 15 is 0 Å². The van der Waals surface area contributed by atoms with Gasteiger partial charge in [0.15, 0.2) is 0 Å². The van der Waals surface area contributed by atoms with E-state index in [1.54, 1.807) is 0 Å². The first-order valence-electron chi connectivity index (χ1n) is 10.1. The fourth-order valence-electron chi connectivity index (χ4n) is 3.87. The smallest absolute Gasteiger partial charge is 0.270 e. The molecule has 0 atom stereocenters. The maximum atomic E-state index is 12.8.